The molecule has 0 unspecified atom stereocenters. The summed E-state index contributed by atoms with van der Waals surface area (Å²) in [6, 6.07) is 0. The summed E-state index contributed by atoms with van der Waals surface area (Å²) in [6.45, 7) is 13.4. The van der Waals surface area contributed by atoms with Crippen LogP contribution in [0.2, 0.25) is 6.39 Å². The molecule has 0 aliphatic carbocycles. The van der Waals surface area contributed by atoms with Crippen LogP contribution in [0, 0.1) is 0 Å². The fourth-order valence-electron chi connectivity index (χ4n) is 0. The van der Waals surface area contributed by atoms with Gasteiger partial charge in [0.1, 0.15) is 0 Å². The van der Waals surface area contributed by atoms with Crippen molar-refractivity contribution in [2.24, 2.45) is 0 Å². The minimum atomic E-state index is 0.510. The van der Waals surface area contributed by atoms with Crippen molar-refractivity contribution in [3.8, 4) is 0 Å². The van der Waals surface area contributed by atoms with Crippen LogP contribution in [-0.2, 0) is 26.1 Å². The van der Waals surface area contributed by atoms with Crippen LogP contribution in [0.5, 0.6) is 0 Å². The van der Waals surface area contributed by atoms with E-state index in [2.05, 4.69) is 63.8 Å². The Morgan fingerprint density at radius 3 is 0.900 bits per heavy atom. The molecular formula is C8H18HgTe. The van der Waals surface area contributed by atoms with Gasteiger partial charge < -0.3 is 0 Å². The molecule has 0 fully saturated rings. The SMILES string of the molecule is CC(C)(C)[Te].C[C](C)(C)[Hg]. The van der Waals surface area contributed by atoms with Crippen molar-refractivity contribution in [3.05, 3.63) is 0 Å². The molecule has 2 heteroatoms. The molecule has 0 aliphatic heterocycles. The second kappa shape index (κ2) is 5.38. The maximum absolute atomic E-state index is 2.27. The van der Waals surface area contributed by atoms with Crippen molar-refractivity contribution in [2.45, 2.75) is 47.9 Å². The topological polar surface area (TPSA) is 0 Å². The first kappa shape index (κ1) is 14.3. The molecule has 58 valence electrons. The Hall–Kier alpha value is 1.72. The Balaban J connectivity index is 0. The first-order chi connectivity index (χ1) is 4.00. The van der Waals surface area contributed by atoms with Gasteiger partial charge in [-0.25, -0.2) is 0 Å². The molecule has 0 heterocycles. The Labute approximate surface area is 95.4 Å². The number of hydrogen-bond donors (Lipinski definition) is 0. The predicted octanol–water partition coefficient (Wildman–Crippen LogP) is 3.12. The summed E-state index contributed by atoms with van der Waals surface area (Å²) in [6.07, 6.45) is 0. The van der Waals surface area contributed by atoms with Crippen LogP contribution in [0.3, 0.4) is 0 Å². The monoisotopic (exact) mass is 446 g/mol. The molecule has 0 aromatic heterocycles. The molecule has 0 aromatic rings. The van der Waals surface area contributed by atoms with E-state index in [9.17, 15) is 0 Å². The standard InChI is InChI=1S/C4H9Te.C4H9.Hg/c1-4(2,3)5;1-4(2)3;/h1-3H3;1-3H3;. The Bertz CT molecular complexity index is 52.2. The third kappa shape index (κ3) is 249. The second-order valence-corrected chi connectivity index (χ2v) is 16.4. The van der Waals surface area contributed by atoms with Crippen LogP contribution >= 0.6 is 0 Å². The quantitative estimate of drug-likeness (QED) is 0.506. The van der Waals surface area contributed by atoms with Gasteiger partial charge in [-0.15, -0.1) is 0 Å². The molecule has 0 aromatic carbocycles. The van der Waals surface area contributed by atoms with E-state index >= 15 is 0 Å². The van der Waals surface area contributed by atoms with E-state index in [4.69, 9.17) is 0 Å². The molecule has 0 saturated heterocycles. The van der Waals surface area contributed by atoms with Crippen LogP contribution in [0.4, 0.5) is 0 Å². The van der Waals surface area contributed by atoms with Gasteiger partial charge in [-0.1, -0.05) is 0 Å². The van der Waals surface area contributed by atoms with Crippen molar-refractivity contribution < 1.29 is 26.1 Å². The van der Waals surface area contributed by atoms with Gasteiger partial charge >= 0.3 is 96.3 Å². The fourth-order valence-corrected chi connectivity index (χ4v) is 0. The summed E-state index contributed by atoms with van der Waals surface area (Å²) >= 11 is 3.08. The molecule has 0 nitrogen and oxygen atoms in total. The Morgan fingerprint density at radius 2 is 0.900 bits per heavy atom. The summed E-state index contributed by atoms with van der Waals surface area (Å²) in [5, 5.41) is 0. The van der Waals surface area contributed by atoms with Crippen molar-refractivity contribution >= 4 is 22.3 Å². The fraction of sp³-hybridized carbons (Fsp3) is 1.00. The zero-order chi connectivity index (χ0) is 9.00. The average Bonchev–Trinajstić information content (AvgIpc) is 1.12. The zero-order valence-corrected chi connectivity index (χ0v) is 15.9. The van der Waals surface area contributed by atoms with Gasteiger partial charge in [-0.05, 0) is 0 Å². The molecule has 0 atom stereocenters. The van der Waals surface area contributed by atoms with E-state index in [1.807, 2.05) is 0 Å². The first-order valence-corrected chi connectivity index (χ1v) is 7.47. The van der Waals surface area contributed by atoms with Crippen LogP contribution in [0.25, 0.3) is 0 Å². The Kier molecular flexibility index (Phi) is 7.68. The molecule has 0 saturated carbocycles. The zero-order valence-electron chi connectivity index (χ0n) is 8.12. The summed E-state index contributed by atoms with van der Waals surface area (Å²) in [5.74, 6) is 0. The van der Waals surface area contributed by atoms with E-state index < -0.39 is 0 Å². The summed E-state index contributed by atoms with van der Waals surface area (Å²) < 4.78 is 1.20. The van der Waals surface area contributed by atoms with Gasteiger partial charge in [0.05, 0.1) is 0 Å². The Morgan fingerprint density at radius 1 is 0.900 bits per heavy atom. The average molecular weight is 442 g/mol. The van der Waals surface area contributed by atoms with Crippen molar-refractivity contribution in [2.75, 3.05) is 0 Å². The number of rotatable bonds is 0. The van der Waals surface area contributed by atoms with Gasteiger partial charge in [-0.2, -0.15) is 0 Å². The van der Waals surface area contributed by atoms with E-state index in [0.717, 1.165) is 26.1 Å². The van der Waals surface area contributed by atoms with Gasteiger partial charge in [-0.3, -0.25) is 0 Å². The number of hydrogen-bond acceptors (Lipinski definition) is 0. The van der Waals surface area contributed by atoms with Crippen LogP contribution in [0.15, 0.2) is 0 Å². The molecule has 0 N–H and O–H groups in total. The van der Waals surface area contributed by atoms with Crippen LogP contribution < -0.4 is 0 Å². The van der Waals surface area contributed by atoms with E-state index in [1.54, 1.807) is 0 Å². The predicted molar refractivity (Wildman–Crippen MR) is 45.2 cm³/mol. The van der Waals surface area contributed by atoms with Crippen molar-refractivity contribution in [1.82, 2.24) is 0 Å². The van der Waals surface area contributed by atoms with Gasteiger partial charge in [0.15, 0.2) is 0 Å². The minimum absolute atomic E-state index is 0.510. The molecule has 0 rings (SSSR count). The maximum atomic E-state index is 2.27. The van der Waals surface area contributed by atoms with Gasteiger partial charge in [0, 0.05) is 0 Å². The van der Waals surface area contributed by atoms with E-state index in [0.29, 0.717) is 6.39 Å². The molecule has 0 amide bonds. The molecular weight excluding hydrogens is 424 g/mol. The van der Waals surface area contributed by atoms with Crippen molar-refractivity contribution in [3.63, 3.8) is 0 Å². The third-order valence-corrected chi connectivity index (χ3v) is 0. The van der Waals surface area contributed by atoms with Crippen LogP contribution in [0.1, 0.15) is 41.5 Å². The van der Waals surface area contributed by atoms with Crippen molar-refractivity contribution in [1.29, 1.82) is 0 Å². The van der Waals surface area contributed by atoms with Gasteiger partial charge in [0.25, 0.3) is 0 Å². The van der Waals surface area contributed by atoms with E-state index in [-0.39, 0.29) is 0 Å². The summed E-state index contributed by atoms with van der Waals surface area (Å²) in [4.78, 5) is 0. The summed E-state index contributed by atoms with van der Waals surface area (Å²) in [7, 11) is 0. The van der Waals surface area contributed by atoms with E-state index in [1.165, 1.54) is 0 Å². The molecule has 10 heavy (non-hydrogen) atoms. The van der Waals surface area contributed by atoms with Crippen LogP contribution in [-0.4, -0.2) is 22.3 Å². The first-order valence-electron chi connectivity index (χ1n) is 3.56. The summed E-state index contributed by atoms with van der Waals surface area (Å²) in [5.41, 5.74) is 0. The molecule has 0 bridgehead atoms. The molecule has 0 aliphatic rings. The normalized spacial score (nSPS) is 12.1. The molecule has 1 radical (unpaired) electrons. The second-order valence-electron chi connectivity index (χ2n) is 4.67. The molecule has 0 spiro atoms. The third-order valence-electron chi connectivity index (χ3n) is 0. The van der Waals surface area contributed by atoms with Gasteiger partial charge in [0.2, 0.25) is 0 Å².